The van der Waals surface area contributed by atoms with Crippen LogP contribution in [0.4, 0.5) is 11.6 Å². The molecule has 0 fully saturated rings. The summed E-state index contributed by atoms with van der Waals surface area (Å²) >= 11 is 7.21. The van der Waals surface area contributed by atoms with Crippen molar-refractivity contribution in [1.29, 1.82) is 0 Å². The molecular formula is C9H7ClN4O2S. The van der Waals surface area contributed by atoms with Gasteiger partial charge in [-0.2, -0.15) is 0 Å². The minimum Gasteiger partial charge on any atom is -0.368 e. The topological polar surface area (TPSA) is 94.9 Å². The second-order valence-corrected chi connectivity index (χ2v) is 4.54. The zero-order valence-corrected chi connectivity index (χ0v) is 10.2. The summed E-state index contributed by atoms with van der Waals surface area (Å²) < 4.78 is 0. The Morgan fingerprint density at radius 3 is 2.76 bits per heavy atom. The monoisotopic (exact) mass is 270 g/mol. The van der Waals surface area contributed by atoms with Crippen LogP contribution in [0.2, 0.25) is 5.02 Å². The standard InChI is InChI=1S/C9H7ClN4O2S/c1-4-7(14(15)16)6(13-9(11)12-4)8-5(10)2-3-17-8/h2-3H,1H3,(H2,11,12,13). The molecule has 6 nitrogen and oxygen atoms in total. The van der Waals surface area contributed by atoms with Gasteiger partial charge in [0, 0.05) is 0 Å². The van der Waals surface area contributed by atoms with E-state index in [2.05, 4.69) is 9.97 Å². The van der Waals surface area contributed by atoms with E-state index in [-0.39, 0.29) is 23.0 Å². The third kappa shape index (κ3) is 2.06. The van der Waals surface area contributed by atoms with Crippen molar-refractivity contribution in [3.63, 3.8) is 0 Å². The van der Waals surface area contributed by atoms with Crippen LogP contribution in [-0.4, -0.2) is 14.9 Å². The molecule has 2 heterocycles. The molecule has 0 saturated carbocycles. The van der Waals surface area contributed by atoms with Crippen LogP contribution >= 0.6 is 22.9 Å². The highest BCUT2D eigenvalue weighted by molar-refractivity contribution is 7.14. The van der Waals surface area contributed by atoms with Gasteiger partial charge in [0.15, 0.2) is 5.69 Å². The summed E-state index contributed by atoms with van der Waals surface area (Å²) in [5, 5.41) is 13.2. The van der Waals surface area contributed by atoms with Crippen LogP contribution in [0.25, 0.3) is 10.6 Å². The number of aryl methyl sites for hydroxylation is 1. The normalized spacial score (nSPS) is 10.5. The zero-order valence-electron chi connectivity index (χ0n) is 8.68. The molecule has 0 bridgehead atoms. The van der Waals surface area contributed by atoms with E-state index < -0.39 is 4.92 Å². The Balaban J connectivity index is 2.76. The van der Waals surface area contributed by atoms with E-state index in [1.165, 1.54) is 18.3 Å². The van der Waals surface area contributed by atoms with Crippen molar-refractivity contribution < 1.29 is 4.92 Å². The molecule has 0 aromatic carbocycles. The molecule has 0 amide bonds. The molecule has 0 aliphatic heterocycles. The van der Waals surface area contributed by atoms with Gasteiger partial charge in [-0.15, -0.1) is 11.3 Å². The van der Waals surface area contributed by atoms with Crippen molar-refractivity contribution in [3.8, 4) is 10.6 Å². The van der Waals surface area contributed by atoms with Crippen LogP contribution < -0.4 is 5.73 Å². The Hall–Kier alpha value is -1.73. The van der Waals surface area contributed by atoms with Crippen molar-refractivity contribution in [2.45, 2.75) is 6.92 Å². The number of nitro groups is 1. The third-order valence-corrected chi connectivity index (χ3v) is 3.44. The lowest BCUT2D eigenvalue weighted by Crippen LogP contribution is -2.04. The van der Waals surface area contributed by atoms with Crippen LogP contribution in [-0.2, 0) is 0 Å². The predicted octanol–water partition coefficient (Wildman–Crippen LogP) is 2.66. The van der Waals surface area contributed by atoms with Crippen LogP contribution in [0.3, 0.4) is 0 Å². The summed E-state index contributed by atoms with van der Waals surface area (Å²) in [5.41, 5.74) is 5.73. The SMILES string of the molecule is Cc1nc(N)nc(-c2sccc2Cl)c1[N+](=O)[O-]. The molecular weight excluding hydrogens is 264 g/mol. The third-order valence-electron chi connectivity index (χ3n) is 2.09. The Morgan fingerprint density at radius 2 is 2.24 bits per heavy atom. The van der Waals surface area contributed by atoms with Gasteiger partial charge in [-0.05, 0) is 18.4 Å². The summed E-state index contributed by atoms with van der Waals surface area (Å²) in [6, 6.07) is 1.65. The maximum Gasteiger partial charge on any atom is 0.317 e. The molecule has 0 atom stereocenters. The minimum absolute atomic E-state index is 0.00688. The molecule has 0 saturated heterocycles. The number of nitrogen functional groups attached to an aromatic ring is 1. The molecule has 8 heteroatoms. The smallest absolute Gasteiger partial charge is 0.317 e. The summed E-state index contributed by atoms with van der Waals surface area (Å²) in [6.07, 6.45) is 0. The first kappa shape index (κ1) is 11.7. The van der Waals surface area contributed by atoms with Gasteiger partial charge in [0.1, 0.15) is 5.69 Å². The van der Waals surface area contributed by atoms with E-state index in [0.717, 1.165) is 0 Å². The molecule has 2 aromatic rings. The van der Waals surface area contributed by atoms with Gasteiger partial charge in [0.2, 0.25) is 5.95 Å². The molecule has 2 N–H and O–H groups in total. The molecule has 0 spiro atoms. The second-order valence-electron chi connectivity index (χ2n) is 3.22. The number of hydrogen-bond donors (Lipinski definition) is 1. The molecule has 0 aliphatic rings. The van der Waals surface area contributed by atoms with Crippen molar-refractivity contribution >= 4 is 34.6 Å². The summed E-state index contributed by atoms with van der Waals surface area (Å²) in [4.78, 5) is 18.7. The van der Waals surface area contributed by atoms with Crippen LogP contribution in [0.5, 0.6) is 0 Å². The van der Waals surface area contributed by atoms with E-state index in [9.17, 15) is 10.1 Å². The largest absolute Gasteiger partial charge is 0.368 e. The molecule has 0 aliphatic carbocycles. The highest BCUT2D eigenvalue weighted by Crippen LogP contribution is 2.38. The van der Waals surface area contributed by atoms with Crippen LogP contribution in [0.15, 0.2) is 11.4 Å². The van der Waals surface area contributed by atoms with Gasteiger partial charge < -0.3 is 5.73 Å². The van der Waals surface area contributed by atoms with Crippen molar-refractivity contribution in [3.05, 3.63) is 32.3 Å². The number of hydrogen-bond acceptors (Lipinski definition) is 6. The molecule has 2 rings (SSSR count). The Kier molecular flexibility index (Phi) is 2.95. The Morgan fingerprint density at radius 1 is 1.53 bits per heavy atom. The number of nitrogens with two attached hydrogens (primary N) is 1. The fourth-order valence-corrected chi connectivity index (χ4v) is 2.56. The molecule has 88 valence electrons. The fraction of sp³-hybridized carbons (Fsp3) is 0.111. The first-order valence-corrected chi connectivity index (χ1v) is 5.78. The van der Waals surface area contributed by atoms with E-state index in [0.29, 0.717) is 9.90 Å². The molecule has 2 aromatic heterocycles. The number of thiophene rings is 1. The summed E-state index contributed by atoms with van der Waals surface area (Å²) in [5.74, 6) is -0.00688. The van der Waals surface area contributed by atoms with Crippen molar-refractivity contribution in [1.82, 2.24) is 9.97 Å². The van der Waals surface area contributed by atoms with Gasteiger partial charge in [-0.1, -0.05) is 11.6 Å². The first-order chi connectivity index (χ1) is 8.00. The minimum atomic E-state index is -0.528. The zero-order chi connectivity index (χ0) is 12.6. The first-order valence-electron chi connectivity index (χ1n) is 4.52. The Labute approximate surface area is 105 Å². The fourth-order valence-electron chi connectivity index (χ4n) is 1.43. The van der Waals surface area contributed by atoms with Gasteiger partial charge in [0.05, 0.1) is 14.8 Å². The van der Waals surface area contributed by atoms with E-state index in [1.54, 1.807) is 11.4 Å². The maximum absolute atomic E-state index is 11.0. The summed E-state index contributed by atoms with van der Waals surface area (Å²) in [7, 11) is 0. The quantitative estimate of drug-likeness (QED) is 0.668. The number of aromatic nitrogens is 2. The highest BCUT2D eigenvalue weighted by atomic mass is 35.5. The Bertz CT molecular complexity index is 599. The van der Waals surface area contributed by atoms with Gasteiger partial charge in [0.25, 0.3) is 0 Å². The van der Waals surface area contributed by atoms with Crippen molar-refractivity contribution in [2.75, 3.05) is 5.73 Å². The van der Waals surface area contributed by atoms with Gasteiger partial charge in [-0.3, -0.25) is 10.1 Å². The number of halogens is 1. The second kappa shape index (κ2) is 4.27. The number of anilines is 1. The van der Waals surface area contributed by atoms with Gasteiger partial charge in [-0.25, -0.2) is 9.97 Å². The van der Waals surface area contributed by atoms with Crippen LogP contribution in [0.1, 0.15) is 5.69 Å². The van der Waals surface area contributed by atoms with E-state index in [1.807, 2.05) is 0 Å². The maximum atomic E-state index is 11.0. The van der Waals surface area contributed by atoms with Gasteiger partial charge >= 0.3 is 5.69 Å². The van der Waals surface area contributed by atoms with Crippen LogP contribution in [0, 0.1) is 17.0 Å². The number of rotatable bonds is 2. The summed E-state index contributed by atoms with van der Waals surface area (Å²) in [6.45, 7) is 1.52. The number of nitrogens with zero attached hydrogens (tertiary/aromatic N) is 3. The lowest BCUT2D eigenvalue weighted by Gasteiger charge is -2.04. The predicted molar refractivity (Wildman–Crippen MR) is 66.2 cm³/mol. The molecule has 0 radical (unpaired) electrons. The average molecular weight is 271 g/mol. The molecule has 0 unspecified atom stereocenters. The van der Waals surface area contributed by atoms with E-state index >= 15 is 0 Å². The lowest BCUT2D eigenvalue weighted by atomic mass is 10.2. The van der Waals surface area contributed by atoms with E-state index in [4.69, 9.17) is 17.3 Å². The average Bonchev–Trinajstić information content (AvgIpc) is 2.62. The highest BCUT2D eigenvalue weighted by Gasteiger charge is 2.24. The lowest BCUT2D eigenvalue weighted by molar-refractivity contribution is -0.385. The van der Waals surface area contributed by atoms with Crippen molar-refractivity contribution in [2.24, 2.45) is 0 Å². The molecule has 17 heavy (non-hydrogen) atoms.